The molecule has 3 spiro atoms. The van der Waals surface area contributed by atoms with Crippen LogP contribution < -0.4 is 9.80 Å². The van der Waals surface area contributed by atoms with Gasteiger partial charge in [-0.15, -0.1) is 0 Å². The lowest BCUT2D eigenvalue weighted by atomic mass is 9.88. The van der Waals surface area contributed by atoms with E-state index < -0.39 is 17.0 Å². The molecule has 2 atom stereocenters. The number of hydrogen-bond donors (Lipinski definition) is 0. The Kier molecular flexibility index (Phi) is 7.31. The Balaban J connectivity index is 0.985. The first-order valence-corrected chi connectivity index (χ1v) is 16.7. The predicted octanol–water partition coefficient (Wildman–Crippen LogP) is 3.84. The van der Waals surface area contributed by atoms with Gasteiger partial charge >= 0.3 is 0 Å². The number of fused-ring (bicyclic) bond motifs is 4. The van der Waals surface area contributed by atoms with E-state index in [1.807, 2.05) is 58.3 Å². The fraction of sp³-hybridized carbons (Fsp3) is 0.600. The molecule has 6 heterocycles. The summed E-state index contributed by atoms with van der Waals surface area (Å²) in [5, 5.41) is 0. The largest absolute Gasteiger partial charge is 0.338 e. The van der Waals surface area contributed by atoms with Crippen LogP contribution in [0.5, 0.6) is 0 Å². The molecular formula is C35H44N4O6. The molecule has 0 bridgehead atoms. The third kappa shape index (κ3) is 4.75. The fourth-order valence-corrected chi connectivity index (χ4v) is 8.20. The molecule has 2 aromatic carbocycles. The van der Waals surface area contributed by atoms with Crippen LogP contribution in [0, 0.1) is 17.3 Å². The second-order valence-electron chi connectivity index (χ2n) is 14.3. The standard InChI is InChI=1S/C35H44N4O6/c1-25-9-7-15-36(17-25)23-38-29-13-5-3-11-27(29)34(31(38)40)42-19-33(20-43-34)21-44-35(45-22-33)28-12-4-6-14-30(28)39(32(35)41)24-37-16-8-10-26(2)18-37/h3-6,11-14,25-26H,7-10,15-24H2,1-2H3/t25-,26+,33?,34?,35?. The number of likely N-dealkylation sites (tertiary alicyclic amines) is 2. The molecule has 8 rings (SSSR count). The Bertz CT molecular complexity index is 1350. The number of amides is 2. The maximum atomic E-state index is 14.1. The summed E-state index contributed by atoms with van der Waals surface area (Å²) in [6.45, 7) is 10.3. The van der Waals surface area contributed by atoms with E-state index in [2.05, 4.69) is 23.6 Å². The molecule has 4 saturated heterocycles. The number of nitrogens with zero attached hydrogens (tertiary/aromatic N) is 4. The van der Waals surface area contributed by atoms with Crippen molar-refractivity contribution in [2.45, 2.75) is 51.1 Å². The number of carbonyl (C=O) groups is 2. The van der Waals surface area contributed by atoms with Crippen molar-refractivity contribution in [1.29, 1.82) is 0 Å². The summed E-state index contributed by atoms with van der Waals surface area (Å²) >= 11 is 0. The zero-order valence-corrected chi connectivity index (χ0v) is 26.4. The Hall–Kier alpha value is -2.86. The Morgan fingerprint density at radius 3 is 1.44 bits per heavy atom. The van der Waals surface area contributed by atoms with Gasteiger partial charge in [0.25, 0.3) is 23.4 Å². The number of piperidine rings is 2. The molecule has 4 fully saturated rings. The van der Waals surface area contributed by atoms with E-state index in [0.29, 0.717) is 25.2 Å². The molecule has 6 aliphatic heterocycles. The van der Waals surface area contributed by atoms with Gasteiger partial charge in [-0.05, 0) is 62.7 Å². The second kappa shape index (κ2) is 11.1. The van der Waals surface area contributed by atoms with Crippen LogP contribution >= 0.6 is 0 Å². The van der Waals surface area contributed by atoms with E-state index in [1.54, 1.807) is 0 Å². The number of rotatable bonds is 4. The van der Waals surface area contributed by atoms with Gasteiger partial charge in [0.1, 0.15) is 0 Å². The number of carbonyl (C=O) groups excluding carboxylic acids is 2. The highest BCUT2D eigenvalue weighted by Gasteiger charge is 2.63. The summed E-state index contributed by atoms with van der Waals surface area (Å²) in [7, 11) is 0. The smallest absolute Gasteiger partial charge is 0.293 e. The van der Waals surface area contributed by atoms with Gasteiger partial charge in [0.2, 0.25) is 0 Å². The summed E-state index contributed by atoms with van der Waals surface area (Å²) in [6, 6.07) is 15.6. The third-order valence-corrected chi connectivity index (χ3v) is 10.6. The van der Waals surface area contributed by atoms with Crippen LogP contribution in [0.2, 0.25) is 0 Å². The van der Waals surface area contributed by atoms with Gasteiger partial charge in [-0.3, -0.25) is 29.2 Å². The summed E-state index contributed by atoms with van der Waals surface area (Å²) in [4.78, 5) is 36.5. The van der Waals surface area contributed by atoms with Gasteiger partial charge in [-0.25, -0.2) is 0 Å². The van der Waals surface area contributed by atoms with Crippen molar-refractivity contribution in [3.8, 4) is 0 Å². The highest BCUT2D eigenvalue weighted by Crippen LogP contribution is 2.52. The van der Waals surface area contributed by atoms with Gasteiger partial charge in [-0.1, -0.05) is 50.2 Å². The Morgan fingerprint density at radius 2 is 1.04 bits per heavy atom. The van der Waals surface area contributed by atoms with E-state index in [9.17, 15) is 9.59 Å². The number of anilines is 2. The average Bonchev–Trinajstić information content (AvgIpc) is 3.41. The zero-order valence-electron chi connectivity index (χ0n) is 26.4. The molecule has 0 N–H and O–H groups in total. The van der Waals surface area contributed by atoms with Crippen LogP contribution in [0.25, 0.3) is 0 Å². The van der Waals surface area contributed by atoms with Crippen molar-refractivity contribution in [1.82, 2.24) is 9.80 Å². The minimum atomic E-state index is -1.49. The number of para-hydroxylation sites is 2. The average molecular weight is 617 g/mol. The topological polar surface area (TPSA) is 84.0 Å². The van der Waals surface area contributed by atoms with Crippen LogP contribution in [0.4, 0.5) is 11.4 Å². The van der Waals surface area contributed by atoms with Crippen molar-refractivity contribution < 1.29 is 28.5 Å². The quantitative estimate of drug-likeness (QED) is 0.513. The third-order valence-electron chi connectivity index (χ3n) is 10.6. The van der Waals surface area contributed by atoms with Crippen LogP contribution in [-0.4, -0.2) is 87.6 Å². The maximum absolute atomic E-state index is 14.1. The van der Waals surface area contributed by atoms with E-state index in [-0.39, 0.29) is 38.2 Å². The minimum Gasteiger partial charge on any atom is -0.338 e. The van der Waals surface area contributed by atoms with Gasteiger partial charge < -0.3 is 18.9 Å². The van der Waals surface area contributed by atoms with Crippen molar-refractivity contribution in [3.63, 3.8) is 0 Å². The molecule has 10 nitrogen and oxygen atoms in total. The molecule has 0 saturated carbocycles. The molecule has 0 unspecified atom stereocenters. The van der Waals surface area contributed by atoms with E-state index in [4.69, 9.17) is 18.9 Å². The first-order chi connectivity index (χ1) is 21.8. The predicted molar refractivity (Wildman–Crippen MR) is 167 cm³/mol. The van der Waals surface area contributed by atoms with Crippen LogP contribution in [0.3, 0.4) is 0 Å². The molecule has 2 aromatic rings. The summed E-state index contributed by atoms with van der Waals surface area (Å²) in [5.41, 5.74) is 2.51. The monoisotopic (exact) mass is 616 g/mol. The molecule has 0 radical (unpaired) electrons. The first-order valence-electron chi connectivity index (χ1n) is 16.7. The molecule has 0 aliphatic carbocycles. The van der Waals surface area contributed by atoms with Crippen molar-refractivity contribution in [2.75, 3.05) is 75.7 Å². The lowest BCUT2D eigenvalue weighted by Gasteiger charge is -2.48. The fourth-order valence-electron chi connectivity index (χ4n) is 8.20. The van der Waals surface area contributed by atoms with E-state index in [0.717, 1.165) is 61.5 Å². The molecule has 10 heteroatoms. The number of benzene rings is 2. The number of ether oxygens (including phenoxy) is 4. The normalized spacial score (nSPS) is 35.5. The highest BCUT2D eigenvalue weighted by atomic mass is 16.7. The Labute approximate surface area is 265 Å². The van der Waals surface area contributed by atoms with Crippen molar-refractivity contribution in [2.24, 2.45) is 17.3 Å². The van der Waals surface area contributed by atoms with Crippen LogP contribution in [0.15, 0.2) is 48.5 Å². The molecule has 45 heavy (non-hydrogen) atoms. The van der Waals surface area contributed by atoms with Gasteiger partial charge in [0.15, 0.2) is 0 Å². The molecule has 0 aromatic heterocycles. The summed E-state index contributed by atoms with van der Waals surface area (Å²) in [6.07, 6.45) is 4.71. The van der Waals surface area contributed by atoms with Gasteiger partial charge in [0.05, 0.1) is 56.6 Å². The minimum absolute atomic E-state index is 0.187. The highest BCUT2D eigenvalue weighted by molar-refractivity contribution is 6.07. The Morgan fingerprint density at radius 1 is 0.644 bits per heavy atom. The summed E-state index contributed by atoms with van der Waals surface area (Å²) < 4.78 is 25.9. The van der Waals surface area contributed by atoms with Crippen molar-refractivity contribution in [3.05, 3.63) is 59.7 Å². The SMILES string of the molecule is C[C@@H]1CCCN(CN2C(=O)C3(OCC4(CO3)COC3(OC4)C(=O)N(CN4CCC[C@H](C)C4)c4ccccc43)c3ccccc32)C1. The zero-order chi connectivity index (χ0) is 30.8. The second-order valence-corrected chi connectivity index (χ2v) is 14.3. The van der Waals surface area contributed by atoms with Gasteiger partial charge in [0, 0.05) is 24.2 Å². The lowest BCUT2D eigenvalue weighted by Crippen LogP contribution is -2.61. The molecular weight excluding hydrogens is 572 g/mol. The first kappa shape index (κ1) is 29.5. The maximum Gasteiger partial charge on any atom is 0.293 e. The molecule has 6 aliphatic rings. The van der Waals surface area contributed by atoms with Crippen LogP contribution in [-0.2, 0) is 40.1 Å². The molecule has 240 valence electrons. The van der Waals surface area contributed by atoms with Crippen molar-refractivity contribution >= 4 is 23.2 Å². The van der Waals surface area contributed by atoms with Crippen LogP contribution in [0.1, 0.15) is 50.7 Å². The van der Waals surface area contributed by atoms with E-state index >= 15 is 0 Å². The number of hydrogen-bond acceptors (Lipinski definition) is 8. The lowest BCUT2D eigenvalue weighted by molar-refractivity contribution is -0.353. The molecule has 2 amide bonds. The summed E-state index contributed by atoms with van der Waals surface area (Å²) in [5.74, 6) is -2.14. The van der Waals surface area contributed by atoms with Gasteiger partial charge in [-0.2, -0.15) is 0 Å². The van der Waals surface area contributed by atoms with E-state index in [1.165, 1.54) is 12.8 Å².